The van der Waals surface area contributed by atoms with Crippen LogP contribution >= 0.6 is 23.2 Å². The van der Waals surface area contributed by atoms with Crippen LogP contribution in [-0.2, 0) is 14.1 Å². The van der Waals surface area contributed by atoms with Crippen molar-refractivity contribution in [2.45, 2.75) is 20.8 Å². The molecule has 15 heteroatoms. The van der Waals surface area contributed by atoms with Crippen LogP contribution in [0.25, 0.3) is 66.9 Å². The first kappa shape index (κ1) is 38.1. The number of benzene rings is 4. The Kier molecular flexibility index (Phi) is 10.5. The maximum atomic E-state index is 14.2. The molecule has 0 aliphatic carbocycles. The van der Waals surface area contributed by atoms with Gasteiger partial charge in [-0.1, -0.05) is 67.4 Å². The van der Waals surface area contributed by atoms with E-state index in [0.29, 0.717) is 33.2 Å². The molecule has 0 amide bonds. The Morgan fingerprint density at radius 2 is 1.14 bits per heavy atom. The summed E-state index contributed by atoms with van der Waals surface area (Å²) in [6.07, 6.45) is 6.95. The molecule has 0 spiro atoms. The maximum absolute atomic E-state index is 14.2. The van der Waals surface area contributed by atoms with E-state index in [1.807, 2.05) is 123 Å². The zero-order valence-corrected chi connectivity index (χ0v) is 33.6. The highest BCUT2D eigenvalue weighted by Crippen LogP contribution is 2.37. The number of para-hydroxylation sites is 4. The first-order valence-electron chi connectivity index (χ1n) is 18.5. The van der Waals surface area contributed by atoms with Crippen molar-refractivity contribution in [1.29, 1.82) is 0 Å². The van der Waals surface area contributed by atoms with Crippen molar-refractivity contribution in [2.24, 2.45) is 14.1 Å². The molecule has 0 saturated heterocycles. The molecule has 4 aromatic carbocycles. The summed E-state index contributed by atoms with van der Waals surface area (Å²) in [6.45, 7) is 5.98. The fourth-order valence-electron chi connectivity index (χ4n) is 6.72. The van der Waals surface area contributed by atoms with Gasteiger partial charge in [-0.05, 0) is 67.1 Å². The number of halogens is 3. The van der Waals surface area contributed by atoms with Gasteiger partial charge in [0.05, 0.1) is 38.5 Å². The summed E-state index contributed by atoms with van der Waals surface area (Å²) in [4.78, 5) is 33.8. The quantitative estimate of drug-likeness (QED) is 0.130. The number of nitrogens with zero attached hydrogens (tertiary/aromatic N) is 8. The topological polar surface area (TPSA) is 143 Å². The summed E-state index contributed by atoms with van der Waals surface area (Å²) in [7, 11) is 3.86. The summed E-state index contributed by atoms with van der Waals surface area (Å²) >= 11 is 12.3. The number of aromatic nitrogens is 10. The lowest BCUT2D eigenvalue weighted by atomic mass is 10.2. The minimum absolute atomic E-state index is 0.243. The van der Waals surface area contributed by atoms with E-state index in [2.05, 4.69) is 45.5 Å². The number of nitrogens with one attached hydrogen (secondary N) is 4. The minimum Gasteiger partial charge on any atom is -0.339 e. The number of hydrogen-bond acceptors (Lipinski definition) is 8. The number of rotatable bonds is 6. The highest BCUT2D eigenvalue weighted by atomic mass is 35.5. The van der Waals surface area contributed by atoms with E-state index in [-0.39, 0.29) is 5.69 Å². The summed E-state index contributed by atoms with van der Waals surface area (Å²) in [5, 5.41) is 9.26. The van der Waals surface area contributed by atoms with Crippen LogP contribution in [0.1, 0.15) is 19.4 Å². The number of anilines is 4. The second-order valence-electron chi connectivity index (χ2n) is 13.1. The van der Waals surface area contributed by atoms with E-state index in [1.54, 1.807) is 6.33 Å². The van der Waals surface area contributed by atoms with Gasteiger partial charge in [0, 0.05) is 53.3 Å². The fourth-order valence-corrected chi connectivity index (χ4v) is 7.07. The molecule has 0 unspecified atom stereocenters. The third-order valence-electron chi connectivity index (χ3n) is 9.50. The lowest BCUT2D eigenvalue weighted by molar-refractivity contribution is 0.632. The summed E-state index contributed by atoms with van der Waals surface area (Å²) in [5.41, 5.74) is 9.12. The Bertz CT molecular complexity index is 2870. The van der Waals surface area contributed by atoms with Crippen molar-refractivity contribution >= 4 is 90.3 Å². The van der Waals surface area contributed by atoms with Gasteiger partial charge >= 0.3 is 0 Å². The van der Waals surface area contributed by atoms with Gasteiger partial charge in [0.15, 0.2) is 0 Å². The summed E-state index contributed by atoms with van der Waals surface area (Å²) in [5.74, 6) is 2.25. The van der Waals surface area contributed by atoms with Gasteiger partial charge in [0.2, 0.25) is 0 Å². The molecule has 0 aliphatic rings. The standard InChI is InChI=1S/C21H17ClN6.C20H14ClFN6.C2H6/c1-12-14(22)6-5-9-15(12)25-20-18-13(10-28(2)21(18)24-11-23-20)19-26-16-7-3-4-8-17(16)27-19;1-28-9-12(18-25-14-4-2-3-5-15(14)26-18)17-19(23-10-24-20(17)28)27-16-8-11(21)6-7-13(16)22;1-2/h3-11H,1-2H3,(H,26,27)(H,23,24,25);2-10H,1H3,(H,25,26)(H,23,24,27);1-2H3. The van der Waals surface area contributed by atoms with Gasteiger partial charge < -0.3 is 29.7 Å². The molecule has 0 aliphatic heterocycles. The molecule has 4 N–H and O–H groups in total. The second kappa shape index (κ2) is 16.0. The summed E-state index contributed by atoms with van der Waals surface area (Å²) in [6, 6.07) is 25.9. The van der Waals surface area contributed by atoms with Gasteiger partial charge in [-0.15, -0.1) is 0 Å². The van der Waals surface area contributed by atoms with Crippen molar-refractivity contribution in [3.63, 3.8) is 0 Å². The largest absolute Gasteiger partial charge is 0.339 e. The molecule has 0 saturated carbocycles. The number of fused-ring (bicyclic) bond motifs is 4. The van der Waals surface area contributed by atoms with Crippen molar-refractivity contribution in [2.75, 3.05) is 10.6 Å². The van der Waals surface area contributed by atoms with E-state index in [4.69, 9.17) is 28.2 Å². The third-order valence-corrected chi connectivity index (χ3v) is 10.1. The van der Waals surface area contributed by atoms with Crippen molar-refractivity contribution in [3.8, 4) is 22.8 Å². The van der Waals surface area contributed by atoms with Crippen LogP contribution in [0.3, 0.4) is 0 Å². The van der Waals surface area contributed by atoms with E-state index in [0.717, 1.165) is 66.7 Å². The molecular formula is C43H37Cl2FN12. The average Bonchev–Trinajstić information content (AvgIpc) is 4.03. The Hall–Kier alpha value is -6.83. The Morgan fingerprint density at radius 3 is 1.67 bits per heavy atom. The van der Waals surface area contributed by atoms with Gasteiger partial charge in [-0.3, -0.25) is 0 Å². The monoisotopic (exact) mass is 810 g/mol. The SMILES string of the molecule is CC.Cc1c(Cl)cccc1Nc1ncnc2c1c(-c1nc3ccccc3[nH]1)cn2C.Cn1cc(-c2nc3ccccc3[nH]2)c2c(Nc3cc(Cl)ccc3F)ncnc21. The predicted molar refractivity (Wildman–Crippen MR) is 233 cm³/mol. The highest BCUT2D eigenvalue weighted by Gasteiger charge is 2.20. The molecule has 0 radical (unpaired) electrons. The number of imidazole rings is 2. The lowest BCUT2D eigenvalue weighted by Gasteiger charge is -2.11. The van der Waals surface area contributed by atoms with Gasteiger partial charge in [-0.2, -0.15) is 0 Å². The molecule has 10 rings (SSSR count). The predicted octanol–water partition coefficient (Wildman–Crippen LogP) is 11.3. The molecule has 6 aromatic heterocycles. The van der Waals surface area contributed by atoms with Gasteiger partial charge in [-0.25, -0.2) is 34.3 Å². The number of aromatic amines is 2. The molecule has 6 heterocycles. The van der Waals surface area contributed by atoms with Crippen LogP contribution in [0.15, 0.2) is 110 Å². The minimum atomic E-state index is -0.419. The molecule has 10 aromatic rings. The van der Waals surface area contributed by atoms with Crippen LogP contribution in [0.4, 0.5) is 27.4 Å². The number of aryl methyl sites for hydroxylation is 2. The average molecular weight is 812 g/mol. The van der Waals surface area contributed by atoms with Crippen LogP contribution in [0, 0.1) is 12.7 Å². The zero-order valence-electron chi connectivity index (χ0n) is 32.1. The van der Waals surface area contributed by atoms with E-state index >= 15 is 0 Å². The van der Waals surface area contributed by atoms with E-state index in [1.165, 1.54) is 24.5 Å². The van der Waals surface area contributed by atoms with Crippen molar-refractivity contribution in [3.05, 3.63) is 131 Å². The highest BCUT2D eigenvalue weighted by molar-refractivity contribution is 6.31. The molecule has 290 valence electrons. The van der Waals surface area contributed by atoms with Crippen LogP contribution in [0.2, 0.25) is 10.0 Å². The maximum Gasteiger partial charge on any atom is 0.146 e. The Balaban J connectivity index is 0.000000155. The van der Waals surface area contributed by atoms with Gasteiger partial charge in [0.25, 0.3) is 0 Å². The van der Waals surface area contributed by atoms with Gasteiger partial charge in [0.1, 0.15) is 53.1 Å². The second-order valence-corrected chi connectivity index (χ2v) is 14.0. The molecule has 12 nitrogen and oxygen atoms in total. The third kappa shape index (κ3) is 7.17. The van der Waals surface area contributed by atoms with E-state index in [9.17, 15) is 4.39 Å². The normalized spacial score (nSPS) is 11.1. The molecular weight excluding hydrogens is 774 g/mol. The molecule has 0 fully saturated rings. The molecule has 58 heavy (non-hydrogen) atoms. The zero-order chi connectivity index (χ0) is 40.5. The first-order valence-corrected chi connectivity index (χ1v) is 19.2. The van der Waals surface area contributed by atoms with E-state index < -0.39 is 5.82 Å². The smallest absolute Gasteiger partial charge is 0.146 e. The van der Waals surface area contributed by atoms with Crippen LogP contribution < -0.4 is 10.6 Å². The van der Waals surface area contributed by atoms with Crippen molar-refractivity contribution in [1.82, 2.24) is 49.0 Å². The number of hydrogen-bond donors (Lipinski definition) is 4. The fraction of sp³-hybridized carbons (Fsp3) is 0.116. The van der Waals surface area contributed by atoms with Crippen molar-refractivity contribution < 1.29 is 4.39 Å². The Labute approximate surface area is 342 Å². The molecule has 0 atom stereocenters. The number of H-pyrrole nitrogens is 2. The van der Waals surface area contributed by atoms with Crippen LogP contribution in [0.5, 0.6) is 0 Å². The Morgan fingerprint density at radius 1 is 0.621 bits per heavy atom. The summed E-state index contributed by atoms with van der Waals surface area (Å²) < 4.78 is 18.1. The molecule has 0 bridgehead atoms. The first-order chi connectivity index (χ1) is 28.2. The lowest BCUT2D eigenvalue weighted by Crippen LogP contribution is -1.99. The van der Waals surface area contributed by atoms with Crippen LogP contribution in [-0.4, -0.2) is 49.0 Å².